The second-order valence-corrected chi connectivity index (χ2v) is 6.67. The molecule has 0 spiro atoms. The lowest BCUT2D eigenvalue weighted by Crippen LogP contribution is -2.36. The van der Waals surface area contributed by atoms with E-state index in [9.17, 15) is 5.11 Å². The Morgan fingerprint density at radius 2 is 2.12 bits per heavy atom. The number of hydrogen-bond acceptors (Lipinski definition) is 4. The predicted octanol–water partition coefficient (Wildman–Crippen LogP) is 2.89. The van der Waals surface area contributed by atoms with Crippen LogP contribution in [-0.4, -0.2) is 34.1 Å². The van der Waals surface area contributed by atoms with Gasteiger partial charge in [0.25, 0.3) is 0 Å². The molecule has 5 nitrogen and oxygen atoms in total. The molecule has 1 aliphatic rings. The summed E-state index contributed by atoms with van der Waals surface area (Å²) in [6.45, 7) is 2.90. The van der Waals surface area contributed by atoms with Crippen molar-refractivity contribution in [2.45, 2.75) is 57.3 Å². The van der Waals surface area contributed by atoms with Crippen molar-refractivity contribution < 1.29 is 9.84 Å². The van der Waals surface area contributed by atoms with Gasteiger partial charge < -0.3 is 15.2 Å². The van der Waals surface area contributed by atoms with Gasteiger partial charge in [0, 0.05) is 30.0 Å². The van der Waals surface area contributed by atoms with Crippen LogP contribution >= 0.6 is 0 Å². The van der Waals surface area contributed by atoms with Gasteiger partial charge in [0.15, 0.2) is 0 Å². The van der Waals surface area contributed by atoms with Gasteiger partial charge in [-0.05, 0) is 56.4 Å². The van der Waals surface area contributed by atoms with Crippen LogP contribution in [-0.2, 0) is 6.54 Å². The highest BCUT2D eigenvalue weighted by Crippen LogP contribution is 2.26. The van der Waals surface area contributed by atoms with Crippen molar-refractivity contribution in [1.82, 2.24) is 15.1 Å². The molecular formula is C19H27N3O2. The number of hydrogen-bond donors (Lipinski definition) is 2. The van der Waals surface area contributed by atoms with E-state index < -0.39 is 0 Å². The molecule has 0 saturated heterocycles. The third-order valence-corrected chi connectivity index (χ3v) is 4.88. The van der Waals surface area contributed by atoms with Crippen LogP contribution in [0.1, 0.15) is 49.8 Å². The van der Waals surface area contributed by atoms with Crippen LogP contribution in [0, 0.1) is 0 Å². The van der Waals surface area contributed by atoms with Gasteiger partial charge in [0.1, 0.15) is 5.75 Å². The van der Waals surface area contributed by atoms with E-state index in [4.69, 9.17) is 4.74 Å². The van der Waals surface area contributed by atoms with Crippen molar-refractivity contribution in [3.8, 4) is 5.75 Å². The Kier molecular flexibility index (Phi) is 5.53. The molecule has 0 amide bonds. The quantitative estimate of drug-likeness (QED) is 0.855. The fourth-order valence-corrected chi connectivity index (χ4v) is 3.45. The second kappa shape index (κ2) is 7.81. The zero-order chi connectivity index (χ0) is 16.9. The lowest BCUT2D eigenvalue weighted by Gasteiger charge is -2.29. The second-order valence-electron chi connectivity index (χ2n) is 6.67. The molecule has 2 aromatic rings. The highest BCUT2D eigenvalue weighted by atomic mass is 16.5. The van der Waals surface area contributed by atoms with E-state index in [0.29, 0.717) is 12.6 Å². The van der Waals surface area contributed by atoms with Crippen LogP contribution in [0.15, 0.2) is 36.7 Å². The van der Waals surface area contributed by atoms with E-state index in [1.165, 1.54) is 5.56 Å². The lowest BCUT2D eigenvalue weighted by molar-refractivity contribution is 0.114. The summed E-state index contributed by atoms with van der Waals surface area (Å²) < 4.78 is 7.41. The Labute approximate surface area is 143 Å². The molecule has 0 bridgehead atoms. The maximum atomic E-state index is 9.64. The number of aliphatic hydroxyl groups excluding tert-OH is 1. The Morgan fingerprint density at radius 1 is 1.33 bits per heavy atom. The molecule has 1 aromatic carbocycles. The molecule has 3 rings (SSSR count). The molecule has 0 aliphatic heterocycles. The van der Waals surface area contributed by atoms with Crippen LogP contribution < -0.4 is 10.1 Å². The minimum Gasteiger partial charge on any atom is -0.496 e. The smallest absolute Gasteiger partial charge is 0.123 e. The van der Waals surface area contributed by atoms with E-state index in [-0.39, 0.29) is 12.1 Å². The number of methoxy groups -OCH3 is 1. The van der Waals surface area contributed by atoms with Gasteiger partial charge in [-0.2, -0.15) is 5.10 Å². The average Bonchev–Trinajstić information content (AvgIpc) is 3.10. The van der Waals surface area contributed by atoms with Crippen molar-refractivity contribution in [2.24, 2.45) is 0 Å². The third kappa shape index (κ3) is 4.16. The molecule has 1 aromatic heterocycles. The van der Waals surface area contributed by atoms with Crippen molar-refractivity contribution in [3.05, 3.63) is 47.8 Å². The van der Waals surface area contributed by atoms with E-state index >= 15 is 0 Å². The maximum absolute atomic E-state index is 9.64. The first-order valence-corrected chi connectivity index (χ1v) is 8.74. The zero-order valence-electron chi connectivity index (χ0n) is 14.5. The third-order valence-electron chi connectivity index (χ3n) is 4.88. The van der Waals surface area contributed by atoms with Gasteiger partial charge >= 0.3 is 0 Å². The minimum atomic E-state index is -0.111. The van der Waals surface area contributed by atoms with E-state index in [1.807, 2.05) is 23.0 Å². The molecule has 0 radical (unpaired) electrons. The van der Waals surface area contributed by atoms with E-state index in [1.54, 1.807) is 13.3 Å². The topological polar surface area (TPSA) is 59.3 Å². The van der Waals surface area contributed by atoms with Crippen LogP contribution in [0.2, 0.25) is 0 Å². The molecule has 5 heteroatoms. The number of nitrogens with one attached hydrogen (secondary N) is 1. The normalized spacial score (nSPS) is 22.3. The number of aromatic nitrogens is 2. The Bertz CT molecular complexity index is 634. The molecule has 2 N–H and O–H groups in total. The molecule has 1 unspecified atom stereocenters. The Hall–Kier alpha value is -1.85. The first-order chi connectivity index (χ1) is 11.7. The van der Waals surface area contributed by atoms with Crippen molar-refractivity contribution in [1.29, 1.82) is 0 Å². The van der Waals surface area contributed by atoms with Crippen molar-refractivity contribution >= 4 is 0 Å². The predicted molar refractivity (Wildman–Crippen MR) is 94.1 cm³/mol. The molecule has 1 heterocycles. The highest BCUT2D eigenvalue weighted by Gasteiger charge is 2.21. The van der Waals surface area contributed by atoms with E-state index in [2.05, 4.69) is 29.5 Å². The average molecular weight is 329 g/mol. The number of nitrogens with zero attached hydrogens (tertiary/aromatic N) is 2. The molecule has 1 atom stereocenters. The Balaban J connectivity index is 1.70. The SMILES string of the molecule is COc1ccc(C(C)NC2CCC(O)CC2)cc1Cn1cccn1. The van der Waals surface area contributed by atoms with Gasteiger partial charge in [-0.1, -0.05) is 6.07 Å². The zero-order valence-corrected chi connectivity index (χ0v) is 14.5. The van der Waals surface area contributed by atoms with Gasteiger partial charge in [-0.15, -0.1) is 0 Å². The summed E-state index contributed by atoms with van der Waals surface area (Å²) in [5, 5.41) is 17.6. The molecule has 24 heavy (non-hydrogen) atoms. The van der Waals surface area contributed by atoms with Gasteiger partial charge in [0.05, 0.1) is 19.8 Å². The maximum Gasteiger partial charge on any atom is 0.123 e. The molecular weight excluding hydrogens is 302 g/mol. The summed E-state index contributed by atoms with van der Waals surface area (Å²) in [6.07, 6.45) is 7.53. The monoisotopic (exact) mass is 329 g/mol. The van der Waals surface area contributed by atoms with Gasteiger partial charge in [0.2, 0.25) is 0 Å². The van der Waals surface area contributed by atoms with E-state index in [0.717, 1.165) is 37.0 Å². The number of ether oxygens (including phenoxy) is 1. The standard InChI is InChI=1S/C19H27N3O2/c1-14(21-17-5-7-18(23)8-6-17)15-4-9-19(24-2)16(12-15)13-22-11-3-10-20-22/h3-4,9-12,14,17-18,21,23H,5-8,13H2,1-2H3. The molecule has 1 saturated carbocycles. The lowest BCUT2D eigenvalue weighted by atomic mass is 9.92. The first kappa shape index (κ1) is 17.0. The molecule has 130 valence electrons. The Morgan fingerprint density at radius 3 is 2.79 bits per heavy atom. The molecule has 1 fully saturated rings. The summed E-state index contributed by atoms with van der Waals surface area (Å²) in [4.78, 5) is 0. The minimum absolute atomic E-state index is 0.111. The van der Waals surface area contributed by atoms with Crippen LogP contribution in [0.3, 0.4) is 0 Å². The number of rotatable bonds is 6. The fourth-order valence-electron chi connectivity index (χ4n) is 3.45. The van der Waals surface area contributed by atoms with Gasteiger partial charge in [-0.25, -0.2) is 0 Å². The largest absolute Gasteiger partial charge is 0.496 e. The van der Waals surface area contributed by atoms with Crippen LogP contribution in [0.5, 0.6) is 5.75 Å². The molecule has 1 aliphatic carbocycles. The highest BCUT2D eigenvalue weighted by molar-refractivity contribution is 5.38. The summed E-state index contributed by atoms with van der Waals surface area (Å²) >= 11 is 0. The number of benzene rings is 1. The summed E-state index contributed by atoms with van der Waals surface area (Å²) in [6, 6.07) is 9.05. The summed E-state index contributed by atoms with van der Waals surface area (Å²) in [5.74, 6) is 0.891. The number of aliphatic hydroxyl groups is 1. The summed E-state index contributed by atoms with van der Waals surface area (Å²) in [7, 11) is 1.70. The van der Waals surface area contributed by atoms with Crippen molar-refractivity contribution in [3.63, 3.8) is 0 Å². The fraction of sp³-hybridized carbons (Fsp3) is 0.526. The van der Waals surface area contributed by atoms with Crippen molar-refractivity contribution in [2.75, 3.05) is 7.11 Å². The summed E-state index contributed by atoms with van der Waals surface area (Å²) in [5.41, 5.74) is 2.38. The van der Waals surface area contributed by atoms with Gasteiger partial charge in [-0.3, -0.25) is 4.68 Å². The van der Waals surface area contributed by atoms with Crippen LogP contribution in [0.4, 0.5) is 0 Å². The first-order valence-electron chi connectivity index (χ1n) is 8.74. The van der Waals surface area contributed by atoms with Crippen LogP contribution in [0.25, 0.3) is 0 Å².